The van der Waals surface area contributed by atoms with Gasteiger partial charge in [-0.2, -0.15) is 0 Å². The van der Waals surface area contributed by atoms with Crippen molar-refractivity contribution >= 4 is 30.7 Å². The van der Waals surface area contributed by atoms with E-state index in [2.05, 4.69) is 17.6 Å². The molecule has 3 atom stereocenters. The predicted molar refractivity (Wildman–Crippen MR) is 105 cm³/mol. The highest BCUT2D eigenvalue weighted by molar-refractivity contribution is 5.85. The highest BCUT2D eigenvalue weighted by atomic mass is 35.5. The van der Waals surface area contributed by atoms with Gasteiger partial charge in [0.2, 0.25) is 5.91 Å². The number of morpholine rings is 1. The maximum absolute atomic E-state index is 14.4. The summed E-state index contributed by atoms with van der Waals surface area (Å²) in [5.41, 5.74) is 0.443. The molecule has 2 heterocycles. The first kappa shape index (κ1) is 23.1. The first-order valence-corrected chi connectivity index (χ1v) is 8.74. The number of rotatable bonds is 4. The van der Waals surface area contributed by atoms with Crippen LogP contribution in [0.4, 0.5) is 4.39 Å². The molecule has 8 heteroatoms. The smallest absolute Gasteiger partial charge is 0.242 e. The van der Waals surface area contributed by atoms with E-state index in [1.807, 2.05) is 4.90 Å². The summed E-state index contributed by atoms with van der Waals surface area (Å²) in [6.07, 6.45) is 0.903. The molecule has 3 rings (SSSR count). The molecule has 5 nitrogen and oxygen atoms in total. The van der Waals surface area contributed by atoms with E-state index in [1.54, 1.807) is 18.2 Å². The van der Waals surface area contributed by atoms with Gasteiger partial charge in [-0.25, -0.2) is 4.39 Å². The second-order valence-electron chi connectivity index (χ2n) is 6.66. The van der Waals surface area contributed by atoms with Gasteiger partial charge >= 0.3 is 0 Å². The van der Waals surface area contributed by atoms with Crippen LogP contribution < -0.4 is 10.6 Å². The van der Waals surface area contributed by atoms with Crippen LogP contribution in [0.3, 0.4) is 0 Å². The number of piperidine rings is 1. The Morgan fingerprint density at radius 3 is 2.65 bits per heavy atom. The van der Waals surface area contributed by atoms with E-state index in [0.717, 1.165) is 19.5 Å². The molecule has 2 saturated heterocycles. The summed E-state index contributed by atoms with van der Waals surface area (Å²) >= 11 is 0. The van der Waals surface area contributed by atoms with E-state index < -0.39 is 6.04 Å². The fraction of sp³-hybridized carbons (Fsp3) is 0.611. The van der Waals surface area contributed by atoms with Crippen molar-refractivity contribution in [1.29, 1.82) is 0 Å². The van der Waals surface area contributed by atoms with E-state index >= 15 is 0 Å². The highest BCUT2D eigenvalue weighted by Gasteiger charge is 2.33. The van der Waals surface area contributed by atoms with Crippen molar-refractivity contribution in [3.8, 4) is 0 Å². The van der Waals surface area contributed by atoms with Gasteiger partial charge in [-0.15, -0.1) is 24.8 Å². The van der Waals surface area contributed by atoms with Crippen molar-refractivity contribution in [1.82, 2.24) is 15.5 Å². The van der Waals surface area contributed by atoms with Crippen molar-refractivity contribution in [2.24, 2.45) is 5.92 Å². The third-order valence-electron chi connectivity index (χ3n) is 4.97. The zero-order valence-electron chi connectivity index (χ0n) is 14.9. The molecule has 1 aromatic carbocycles. The van der Waals surface area contributed by atoms with E-state index in [9.17, 15) is 9.18 Å². The van der Waals surface area contributed by atoms with Crippen LogP contribution in [0.1, 0.15) is 24.9 Å². The molecule has 26 heavy (non-hydrogen) atoms. The predicted octanol–water partition coefficient (Wildman–Crippen LogP) is 2.16. The van der Waals surface area contributed by atoms with Crippen molar-refractivity contribution in [3.63, 3.8) is 0 Å². The zero-order chi connectivity index (χ0) is 16.9. The monoisotopic (exact) mass is 407 g/mol. The van der Waals surface area contributed by atoms with Crippen LogP contribution in [0.2, 0.25) is 0 Å². The number of nitrogens with zero attached hydrogens (tertiary/aromatic N) is 1. The van der Waals surface area contributed by atoms with E-state index in [-0.39, 0.29) is 42.6 Å². The highest BCUT2D eigenvalue weighted by Crippen LogP contribution is 2.25. The Kier molecular flexibility index (Phi) is 9.82. The maximum atomic E-state index is 14.4. The van der Waals surface area contributed by atoms with E-state index in [1.165, 1.54) is 6.07 Å². The Morgan fingerprint density at radius 1 is 1.31 bits per heavy atom. The standard InChI is InChI=1S/C18H26FN3O2.2ClH/c1-13-12-20-7-6-16(13)21-18(23)17(22-8-10-24-11-9-22)14-4-2-3-5-15(14)19;;/h2-5,13,16-17,20H,6-12H2,1H3,(H,21,23);2*1H. The van der Waals surface area contributed by atoms with E-state index in [0.29, 0.717) is 37.8 Å². The van der Waals surface area contributed by atoms with E-state index in [4.69, 9.17) is 4.74 Å². The molecular weight excluding hydrogens is 380 g/mol. The van der Waals surface area contributed by atoms with Crippen LogP contribution in [-0.2, 0) is 9.53 Å². The molecule has 2 N–H and O–H groups in total. The first-order valence-electron chi connectivity index (χ1n) is 8.74. The fourth-order valence-electron chi connectivity index (χ4n) is 3.53. The Bertz CT molecular complexity index is 573. The number of halogens is 3. The number of carbonyl (C=O) groups excluding carboxylic acids is 1. The molecule has 0 bridgehead atoms. The number of hydrogen-bond acceptors (Lipinski definition) is 4. The van der Waals surface area contributed by atoms with Crippen LogP contribution in [0.25, 0.3) is 0 Å². The molecule has 148 valence electrons. The second kappa shape index (κ2) is 11.0. The molecule has 2 aliphatic heterocycles. The second-order valence-corrected chi connectivity index (χ2v) is 6.66. The van der Waals surface area contributed by atoms with Crippen molar-refractivity contribution < 1.29 is 13.9 Å². The minimum atomic E-state index is -0.600. The largest absolute Gasteiger partial charge is 0.379 e. The van der Waals surface area contributed by atoms with Crippen LogP contribution in [0.15, 0.2) is 24.3 Å². The summed E-state index contributed by atoms with van der Waals surface area (Å²) < 4.78 is 19.7. The van der Waals surface area contributed by atoms with Crippen LogP contribution in [0.5, 0.6) is 0 Å². The van der Waals surface area contributed by atoms with Crippen LogP contribution >= 0.6 is 24.8 Å². The topological polar surface area (TPSA) is 53.6 Å². The fourth-order valence-corrected chi connectivity index (χ4v) is 3.53. The third kappa shape index (κ3) is 5.54. The van der Waals surface area contributed by atoms with Gasteiger partial charge in [-0.3, -0.25) is 9.69 Å². The summed E-state index contributed by atoms with van der Waals surface area (Å²) in [4.78, 5) is 15.0. The molecule has 2 aliphatic rings. The number of nitrogens with one attached hydrogen (secondary N) is 2. The summed E-state index contributed by atoms with van der Waals surface area (Å²) in [6, 6.07) is 6.10. The normalized spacial score (nSPS) is 24.7. The molecule has 0 spiro atoms. The maximum Gasteiger partial charge on any atom is 0.242 e. The van der Waals surface area contributed by atoms with Gasteiger partial charge in [0.15, 0.2) is 0 Å². The average Bonchev–Trinajstić information content (AvgIpc) is 2.60. The summed E-state index contributed by atoms with van der Waals surface area (Å²) in [7, 11) is 0. The van der Waals surface area contributed by atoms with Gasteiger partial charge in [0.25, 0.3) is 0 Å². The summed E-state index contributed by atoms with van der Waals surface area (Å²) in [5, 5.41) is 6.50. The number of ether oxygens (including phenoxy) is 1. The quantitative estimate of drug-likeness (QED) is 0.802. The van der Waals surface area contributed by atoms with Gasteiger partial charge in [0.1, 0.15) is 11.9 Å². The minimum Gasteiger partial charge on any atom is -0.379 e. The number of benzene rings is 1. The molecule has 0 saturated carbocycles. The lowest BCUT2D eigenvalue weighted by atomic mass is 9.94. The molecule has 0 aliphatic carbocycles. The van der Waals surface area contributed by atoms with Crippen molar-refractivity contribution in [2.75, 3.05) is 39.4 Å². The molecule has 2 fully saturated rings. The van der Waals surface area contributed by atoms with Crippen molar-refractivity contribution in [3.05, 3.63) is 35.6 Å². The van der Waals surface area contributed by atoms with Crippen LogP contribution in [-0.4, -0.2) is 56.2 Å². The van der Waals surface area contributed by atoms with Crippen molar-refractivity contribution in [2.45, 2.75) is 25.4 Å². The molecular formula is C18H28Cl2FN3O2. The Balaban J connectivity index is 0.00000169. The molecule has 0 radical (unpaired) electrons. The SMILES string of the molecule is CC1CNCCC1NC(=O)C(c1ccccc1F)N1CCOCC1.Cl.Cl. The third-order valence-corrected chi connectivity index (χ3v) is 4.97. The molecule has 1 amide bonds. The van der Waals surface area contributed by atoms with Gasteiger partial charge in [-0.05, 0) is 31.5 Å². The first-order chi connectivity index (χ1) is 11.7. The van der Waals surface area contributed by atoms with Gasteiger partial charge < -0.3 is 15.4 Å². The Hall–Kier alpha value is -0.920. The van der Waals surface area contributed by atoms with Gasteiger partial charge in [-0.1, -0.05) is 25.1 Å². The summed E-state index contributed by atoms with van der Waals surface area (Å²) in [5.74, 6) is -0.0723. The van der Waals surface area contributed by atoms with Gasteiger partial charge in [0, 0.05) is 24.7 Å². The lowest BCUT2D eigenvalue weighted by molar-refractivity contribution is -0.129. The number of amides is 1. The van der Waals surface area contributed by atoms with Crippen LogP contribution in [0, 0.1) is 11.7 Å². The summed E-state index contributed by atoms with van der Waals surface area (Å²) in [6.45, 7) is 6.33. The lowest BCUT2D eigenvalue weighted by Crippen LogP contribution is -2.52. The lowest BCUT2D eigenvalue weighted by Gasteiger charge is -2.36. The number of carbonyl (C=O) groups is 1. The molecule has 3 unspecified atom stereocenters. The Labute approximate surface area is 166 Å². The minimum absolute atomic E-state index is 0. The molecule has 0 aromatic heterocycles. The number of hydrogen-bond donors (Lipinski definition) is 2. The Morgan fingerprint density at radius 2 is 2.00 bits per heavy atom. The molecule has 1 aromatic rings. The zero-order valence-corrected chi connectivity index (χ0v) is 16.6. The van der Waals surface area contributed by atoms with Gasteiger partial charge in [0.05, 0.1) is 13.2 Å². The average molecular weight is 408 g/mol.